The summed E-state index contributed by atoms with van der Waals surface area (Å²) in [5.41, 5.74) is 1.50. The van der Waals surface area contributed by atoms with Gasteiger partial charge in [-0.3, -0.25) is 9.78 Å². The largest absolute Gasteiger partial charge is 0.349 e. The molecule has 1 aromatic heterocycles. The van der Waals surface area contributed by atoms with E-state index < -0.39 is 6.04 Å². The fourth-order valence-corrected chi connectivity index (χ4v) is 3.53. The molecule has 124 valence electrons. The second kappa shape index (κ2) is 7.83. The number of aromatic nitrogens is 1. The normalized spacial score (nSPS) is 16.7. The second-order valence-corrected chi connectivity index (χ2v) is 6.32. The lowest BCUT2D eigenvalue weighted by molar-refractivity contribution is -0.124. The zero-order valence-corrected chi connectivity index (χ0v) is 13.8. The first kappa shape index (κ1) is 16.3. The zero-order chi connectivity index (χ0) is 16.8. The summed E-state index contributed by atoms with van der Waals surface area (Å²) in [5, 5.41) is 5.68. The summed E-state index contributed by atoms with van der Waals surface area (Å²) < 4.78 is 0. The Bertz CT molecular complexity index is 696. The van der Waals surface area contributed by atoms with E-state index in [-0.39, 0.29) is 11.9 Å². The van der Waals surface area contributed by atoms with E-state index in [9.17, 15) is 9.59 Å². The van der Waals surface area contributed by atoms with E-state index in [1.807, 2.05) is 48.5 Å². The maximum atomic E-state index is 12.4. The molecule has 1 fully saturated rings. The Morgan fingerprint density at radius 1 is 1.17 bits per heavy atom. The van der Waals surface area contributed by atoms with Gasteiger partial charge in [-0.1, -0.05) is 24.3 Å². The van der Waals surface area contributed by atoms with E-state index in [1.165, 1.54) is 0 Å². The minimum Gasteiger partial charge on any atom is -0.349 e. The molecular formula is C17H18N4O2S. The van der Waals surface area contributed by atoms with Gasteiger partial charge in [-0.25, -0.2) is 4.79 Å². The highest BCUT2D eigenvalue weighted by atomic mass is 32.2. The van der Waals surface area contributed by atoms with Crippen molar-refractivity contribution in [2.45, 2.75) is 12.6 Å². The molecule has 0 saturated carbocycles. The molecule has 1 aromatic carbocycles. The smallest absolute Gasteiger partial charge is 0.323 e. The third kappa shape index (κ3) is 4.05. The molecule has 2 heterocycles. The predicted molar refractivity (Wildman–Crippen MR) is 94.5 cm³/mol. The molecule has 2 aromatic rings. The van der Waals surface area contributed by atoms with Gasteiger partial charge >= 0.3 is 6.03 Å². The number of nitrogens with one attached hydrogen (secondary N) is 2. The van der Waals surface area contributed by atoms with Crippen LogP contribution >= 0.6 is 11.8 Å². The molecule has 1 atom stereocenters. The molecule has 6 nitrogen and oxygen atoms in total. The summed E-state index contributed by atoms with van der Waals surface area (Å²) in [4.78, 5) is 30.6. The van der Waals surface area contributed by atoms with Crippen LogP contribution in [0.15, 0.2) is 54.7 Å². The molecule has 0 radical (unpaired) electrons. The van der Waals surface area contributed by atoms with Gasteiger partial charge in [0.2, 0.25) is 5.91 Å². The van der Waals surface area contributed by atoms with Crippen molar-refractivity contribution in [2.75, 3.05) is 16.9 Å². The Labute approximate surface area is 144 Å². The lowest BCUT2D eigenvalue weighted by Crippen LogP contribution is -2.48. The molecule has 2 N–H and O–H groups in total. The number of anilines is 1. The highest BCUT2D eigenvalue weighted by Gasteiger charge is 2.34. The van der Waals surface area contributed by atoms with E-state index in [2.05, 4.69) is 15.6 Å². The molecule has 0 aliphatic carbocycles. The van der Waals surface area contributed by atoms with Gasteiger partial charge in [0.05, 0.1) is 18.1 Å². The van der Waals surface area contributed by atoms with Crippen LogP contribution in [0.1, 0.15) is 5.69 Å². The van der Waals surface area contributed by atoms with Gasteiger partial charge in [0.15, 0.2) is 0 Å². The summed E-state index contributed by atoms with van der Waals surface area (Å²) in [5.74, 6) is 0.935. The van der Waals surface area contributed by atoms with E-state index >= 15 is 0 Å². The first-order valence-corrected chi connectivity index (χ1v) is 8.77. The molecule has 1 saturated heterocycles. The number of rotatable bonds is 4. The number of urea groups is 1. The number of para-hydroxylation sites is 1. The number of nitrogens with zero attached hydrogens (tertiary/aromatic N) is 2. The van der Waals surface area contributed by atoms with Gasteiger partial charge in [0, 0.05) is 17.6 Å². The summed E-state index contributed by atoms with van der Waals surface area (Å²) >= 11 is 1.57. The summed E-state index contributed by atoms with van der Waals surface area (Å²) in [6.07, 6.45) is 1.69. The van der Waals surface area contributed by atoms with Gasteiger partial charge in [-0.05, 0) is 24.3 Å². The Morgan fingerprint density at radius 3 is 2.71 bits per heavy atom. The fraction of sp³-hybridized carbons (Fsp3) is 0.235. The van der Waals surface area contributed by atoms with Crippen LogP contribution in [0.4, 0.5) is 10.5 Å². The number of hydrogen-bond acceptors (Lipinski definition) is 4. The SMILES string of the molecule is O=C(NCc1ccccn1)[C@@H]1CSCN1C(=O)Nc1ccccc1. The van der Waals surface area contributed by atoms with Crippen molar-refractivity contribution in [1.29, 1.82) is 0 Å². The quantitative estimate of drug-likeness (QED) is 0.894. The highest BCUT2D eigenvalue weighted by molar-refractivity contribution is 7.99. The maximum absolute atomic E-state index is 12.4. The molecular weight excluding hydrogens is 324 g/mol. The predicted octanol–water partition coefficient (Wildman–Crippen LogP) is 2.30. The van der Waals surface area contributed by atoms with Crippen molar-refractivity contribution in [3.8, 4) is 0 Å². The second-order valence-electron chi connectivity index (χ2n) is 5.32. The molecule has 7 heteroatoms. The Hall–Kier alpha value is -2.54. The summed E-state index contributed by atoms with van der Waals surface area (Å²) in [7, 11) is 0. The van der Waals surface area contributed by atoms with Crippen LogP contribution in [-0.2, 0) is 11.3 Å². The Balaban J connectivity index is 1.58. The van der Waals surface area contributed by atoms with Crippen molar-refractivity contribution >= 4 is 29.4 Å². The minimum absolute atomic E-state index is 0.158. The van der Waals surface area contributed by atoms with Crippen molar-refractivity contribution in [3.63, 3.8) is 0 Å². The van der Waals surface area contributed by atoms with Gasteiger partial charge in [-0.15, -0.1) is 11.8 Å². The number of pyridine rings is 1. The van der Waals surface area contributed by atoms with Crippen molar-refractivity contribution < 1.29 is 9.59 Å². The number of hydrogen-bond donors (Lipinski definition) is 2. The van der Waals surface area contributed by atoms with Gasteiger partial charge in [-0.2, -0.15) is 0 Å². The van der Waals surface area contributed by atoms with Crippen molar-refractivity contribution in [3.05, 3.63) is 60.4 Å². The number of benzene rings is 1. The van der Waals surface area contributed by atoms with E-state index in [4.69, 9.17) is 0 Å². The van der Waals surface area contributed by atoms with Crippen molar-refractivity contribution in [2.24, 2.45) is 0 Å². The number of carbonyl (C=O) groups excluding carboxylic acids is 2. The van der Waals surface area contributed by atoms with E-state index in [0.29, 0.717) is 23.9 Å². The Kier molecular flexibility index (Phi) is 5.32. The maximum Gasteiger partial charge on any atom is 0.323 e. The summed E-state index contributed by atoms with van der Waals surface area (Å²) in [6, 6.07) is 14.0. The third-order valence-corrected chi connectivity index (χ3v) is 4.65. The lowest BCUT2D eigenvalue weighted by atomic mass is 10.2. The molecule has 3 rings (SSSR count). The van der Waals surface area contributed by atoms with Gasteiger partial charge in [0.1, 0.15) is 6.04 Å². The fourth-order valence-electron chi connectivity index (χ4n) is 2.37. The monoisotopic (exact) mass is 342 g/mol. The lowest BCUT2D eigenvalue weighted by Gasteiger charge is -2.23. The molecule has 0 spiro atoms. The number of amides is 3. The van der Waals surface area contributed by atoms with Crippen LogP contribution in [0, 0.1) is 0 Å². The van der Waals surface area contributed by atoms with Crippen LogP contribution in [0.3, 0.4) is 0 Å². The minimum atomic E-state index is -0.470. The highest BCUT2D eigenvalue weighted by Crippen LogP contribution is 2.22. The van der Waals surface area contributed by atoms with Crippen LogP contribution in [-0.4, -0.2) is 39.5 Å². The first-order chi connectivity index (χ1) is 11.7. The molecule has 1 aliphatic rings. The molecule has 1 aliphatic heterocycles. The van der Waals surface area contributed by atoms with Crippen LogP contribution < -0.4 is 10.6 Å². The third-order valence-electron chi connectivity index (χ3n) is 3.64. The van der Waals surface area contributed by atoms with Crippen molar-refractivity contribution in [1.82, 2.24) is 15.2 Å². The number of thioether (sulfide) groups is 1. The summed E-state index contributed by atoms with van der Waals surface area (Å²) in [6.45, 7) is 0.356. The number of carbonyl (C=O) groups is 2. The molecule has 3 amide bonds. The molecule has 0 unspecified atom stereocenters. The topological polar surface area (TPSA) is 74.3 Å². The van der Waals surface area contributed by atoms with Crippen LogP contribution in [0.25, 0.3) is 0 Å². The van der Waals surface area contributed by atoms with Crippen LogP contribution in [0.2, 0.25) is 0 Å². The van der Waals surface area contributed by atoms with E-state index in [1.54, 1.807) is 22.9 Å². The molecule has 24 heavy (non-hydrogen) atoms. The van der Waals surface area contributed by atoms with E-state index in [0.717, 1.165) is 5.69 Å². The average molecular weight is 342 g/mol. The first-order valence-electron chi connectivity index (χ1n) is 7.62. The Morgan fingerprint density at radius 2 is 1.96 bits per heavy atom. The van der Waals surface area contributed by atoms with Gasteiger partial charge in [0.25, 0.3) is 0 Å². The van der Waals surface area contributed by atoms with Gasteiger partial charge < -0.3 is 15.5 Å². The van der Waals surface area contributed by atoms with Crippen LogP contribution in [0.5, 0.6) is 0 Å². The standard InChI is InChI=1S/C17H18N4O2S/c22-16(19-10-14-8-4-5-9-18-14)15-11-24-12-21(15)17(23)20-13-6-2-1-3-7-13/h1-9,15H,10-12H2,(H,19,22)(H,20,23)/t15-/m0/s1. The molecule has 0 bridgehead atoms. The average Bonchev–Trinajstić information content (AvgIpc) is 3.11. The zero-order valence-electron chi connectivity index (χ0n) is 13.0.